The highest BCUT2D eigenvalue weighted by atomic mass is 15.2. The molecule has 100 valence electrons. The number of anilines is 1. The Kier molecular flexibility index (Phi) is 2.49. The highest BCUT2D eigenvalue weighted by Crippen LogP contribution is 2.31. The van der Waals surface area contributed by atoms with E-state index in [4.69, 9.17) is 0 Å². The van der Waals surface area contributed by atoms with E-state index in [9.17, 15) is 0 Å². The number of benzene rings is 1. The molecular weight excluding hydrogens is 248 g/mol. The molecule has 4 rings (SSSR count). The first-order chi connectivity index (χ1) is 9.83. The van der Waals surface area contributed by atoms with Gasteiger partial charge in [0.05, 0.1) is 0 Å². The molecule has 0 spiro atoms. The third-order valence-electron chi connectivity index (χ3n) is 3.90. The third kappa shape index (κ3) is 1.68. The number of pyridine rings is 1. The molecule has 1 N–H and O–H groups in total. The molecule has 0 radical (unpaired) electrons. The average Bonchev–Trinajstić information content (AvgIpc) is 2.89. The van der Waals surface area contributed by atoms with Crippen LogP contribution >= 0.6 is 0 Å². The predicted octanol–water partition coefficient (Wildman–Crippen LogP) is 3.06. The number of hydrogen-bond acceptors (Lipinski definition) is 3. The summed E-state index contributed by atoms with van der Waals surface area (Å²) in [4.78, 5) is 0. The normalized spacial score (nSPS) is 14.1. The number of aryl methyl sites for hydroxylation is 1. The van der Waals surface area contributed by atoms with Crippen LogP contribution in [-0.2, 0) is 6.42 Å². The molecule has 4 nitrogen and oxygen atoms in total. The standard InChI is InChI=1S/C16H16N4/c1-11-7-9-20-15(10-11)18-19-16(20)13-4-2-6-14-12(13)5-3-8-17-14/h2,4,6-7,9-10,17H,3,5,8H2,1H3. The van der Waals surface area contributed by atoms with Crippen molar-refractivity contribution < 1.29 is 0 Å². The van der Waals surface area contributed by atoms with Crippen LogP contribution in [0.1, 0.15) is 17.5 Å². The molecule has 1 aliphatic rings. The Morgan fingerprint density at radius 2 is 2.15 bits per heavy atom. The molecule has 0 saturated carbocycles. The Balaban J connectivity index is 1.95. The maximum atomic E-state index is 4.40. The van der Waals surface area contributed by atoms with Crippen molar-refractivity contribution in [2.24, 2.45) is 0 Å². The topological polar surface area (TPSA) is 42.2 Å². The molecule has 3 aromatic rings. The smallest absolute Gasteiger partial charge is 0.168 e. The van der Waals surface area contributed by atoms with Gasteiger partial charge in [-0.25, -0.2) is 0 Å². The summed E-state index contributed by atoms with van der Waals surface area (Å²) in [6.45, 7) is 3.12. The Morgan fingerprint density at radius 1 is 1.20 bits per heavy atom. The van der Waals surface area contributed by atoms with Gasteiger partial charge in [0.25, 0.3) is 0 Å². The summed E-state index contributed by atoms with van der Waals surface area (Å²) < 4.78 is 2.07. The summed E-state index contributed by atoms with van der Waals surface area (Å²) >= 11 is 0. The van der Waals surface area contributed by atoms with E-state index in [1.54, 1.807) is 0 Å². The largest absolute Gasteiger partial charge is 0.385 e. The zero-order chi connectivity index (χ0) is 13.5. The number of hydrogen-bond donors (Lipinski definition) is 1. The molecule has 0 atom stereocenters. The summed E-state index contributed by atoms with van der Waals surface area (Å²) in [7, 11) is 0. The molecule has 0 aliphatic carbocycles. The molecule has 4 heteroatoms. The lowest BCUT2D eigenvalue weighted by Crippen LogP contribution is -2.12. The molecule has 2 aromatic heterocycles. The van der Waals surface area contributed by atoms with Crippen molar-refractivity contribution in [3.05, 3.63) is 47.7 Å². The molecule has 1 aromatic carbocycles. The molecular formula is C16H16N4. The lowest BCUT2D eigenvalue weighted by atomic mass is 9.97. The minimum Gasteiger partial charge on any atom is -0.385 e. The van der Waals surface area contributed by atoms with Gasteiger partial charge in [0.2, 0.25) is 0 Å². The van der Waals surface area contributed by atoms with Crippen molar-refractivity contribution in [2.45, 2.75) is 19.8 Å². The van der Waals surface area contributed by atoms with Gasteiger partial charge >= 0.3 is 0 Å². The zero-order valence-corrected chi connectivity index (χ0v) is 11.4. The van der Waals surface area contributed by atoms with Crippen LogP contribution < -0.4 is 5.32 Å². The van der Waals surface area contributed by atoms with Crippen LogP contribution in [0.5, 0.6) is 0 Å². The van der Waals surface area contributed by atoms with Crippen LogP contribution in [0.3, 0.4) is 0 Å². The zero-order valence-electron chi connectivity index (χ0n) is 11.4. The second kappa shape index (κ2) is 4.34. The summed E-state index contributed by atoms with van der Waals surface area (Å²) in [5.74, 6) is 0.931. The van der Waals surface area contributed by atoms with Crippen LogP contribution in [0, 0.1) is 6.92 Å². The van der Waals surface area contributed by atoms with E-state index in [1.165, 1.54) is 28.8 Å². The summed E-state index contributed by atoms with van der Waals surface area (Å²) in [6, 6.07) is 10.5. The van der Waals surface area contributed by atoms with Crippen LogP contribution in [0.2, 0.25) is 0 Å². The quantitative estimate of drug-likeness (QED) is 0.734. The van der Waals surface area contributed by atoms with Gasteiger partial charge in [0.15, 0.2) is 11.5 Å². The minimum absolute atomic E-state index is 0.904. The second-order valence-electron chi connectivity index (χ2n) is 5.32. The molecule has 0 fully saturated rings. The highest BCUT2D eigenvalue weighted by Gasteiger charge is 2.17. The van der Waals surface area contributed by atoms with E-state index in [-0.39, 0.29) is 0 Å². The Bertz CT molecular complexity index is 788. The monoisotopic (exact) mass is 264 g/mol. The van der Waals surface area contributed by atoms with Gasteiger partial charge in [0.1, 0.15) is 0 Å². The third-order valence-corrected chi connectivity index (χ3v) is 3.90. The lowest BCUT2D eigenvalue weighted by molar-refractivity contribution is 0.830. The van der Waals surface area contributed by atoms with Crippen molar-refractivity contribution in [1.82, 2.24) is 14.6 Å². The SMILES string of the molecule is Cc1ccn2c(-c3cccc4c3CCCN4)nnc2c1. The Labute approximate surface area is 117 Å². The first-order valence-corrected chi connectivity index (χ1v) is 7.00. The first kappa shape index (κ1) is 11.5. The van der Waals surface area contributed by atoms with E-state index in [0.717, 1.165) is 24.4 Å². The Morgan fingerprint density at radius 3 is 3.10 bits per heavy atom. The van der Waals surface area contributed by atoms with E-state index >= 15 is 0 Å². The van der Waals surface area contributed by atoms with Crippen molar-refractivity contribution in [3.8, 4) is 11.4 Å². The van der Waals surface area contributed by atoms with Crippen LogP contribution in [-0.4, -0.2) is 21.1 Å². The Hall–Kier alpha value is -2.36. The maximum absolute atomic E-state index is 4.40. The molecule has 0 saturated heterocycles. The van der Waals surface area contributed by atoms with Crippen LogP contribution in [0.25, 0.3) is 17.0 Å². The minimum atomic E-state index is 0.904. The van der Waals surface area contributed by atoms with E-state index in [0.29, 0.717) is 0 Å². The number of nitrogens with zero attached hydrogens (tertiary/aromatic N) is 3. The number of fused-ring (bicyclic) bond motifs is 2. The van der Waals surface area contributed by atoms with E-state index in [1.807, 2.05) is 0 Å². The first-order valence-electron chi connectivity index (χ1n) is 7.00. The van der Waals surface area contributed by atoms with Crippen LogP contribution in [0.15, 0.2) is 36.5 Å². The number of aromatic nitrogens is 3. The molecule has 1 aliphatic heterocycles. The van der Waals surface area contributed by atoms with Gasteiger partial charge in [-0.05, 0) is 49.1 Å². The van der Waals surface area contributed by atoms with Crippen molar-refractivity contribution in [1.29, 1.82) is 0 Å². The van der Waals surface area contributed by atoms with Gasteiger partial charge in [-0.3, -0.25) is 4.40 Å². The molecule has 0 unspecified atom stereocenters. The number of rotatable bonds is 1. The molecule has 0 bridgehead atoms. The maximum Gasteiger partial charge on any atom is 0.168 e. The van der Waals surface area contributed by atoms with Crippen molar-refractivity contribution >= 4 is 11.3 Å². The van der Waals surface area contributed by atoms with Crippen LogP contribution in [0.4, 0.5) is 5.69 Å². The van der Waals surface area contributed by atoms with Crippen molar-refractivity contribution in [3.63, 3.8) is 0 Å². The molecule has 3 heterocycles. The van der Waals surface area contributed by atoms with Gasteiger partial charge < -0.3 is 5.32 Å². The number of nitrogens with one attached hydrogen (secondary N) is 1. The fourth-order valence-electron chi connectivity index (χ4n) is 2.90. The van der Waals surface area contributed by atoms with Gasteiger partial charge in [-0.2, -0.15) is 0 Å². The highest BCUT2D eigenvalue weighted by molar-refractivity contribution is 5.72. The second-order valence-corrected chi connectivity index (χ2v) is 5.32. The van der Waals surface area contributed by atoms with E-state index in [2.05, 4.69) is 63.4 Å². The van der Waals surface area contributed by atoms with E-state index < -0.39 is 0 Å². The summed E-state index contributed by atoms with van der Waals surface area (Å²) in [6.07, 6.45) is 4.31. The average molecular weight is 264 g/mol. The fraction of sp³-hybridized carbons (Fsp3) is 0.250. The summed E-state index contributed by atoms with van der Waals surface area (Å²) in [5, 5.41) is 12.2. The van der Waals surface area contributed by atoms with Gasteiger partial charge in [-0.1, -0.05) is 12.1 Å². The predicted molar refractivity (Wildman–Crippen MR) is 80.0 cm³/mol. The van der Waals surface area contributed by atoms with Gasteiger partial charge in [-0.15, -0.1) is 10.2 Å². The fourth-order valence-corrected chi connectivity index (χ4v) is 2.90. The summed E-state index contributed by atoms with van der Waals surface area (Å²) in [5.41, 5.74) is 5.88. The molecule has 20 heavy (non-hydrogen) atoms. The van der Waals surface area contributed by atoms with Crippen molar-refractivity contribution in [2.75, 3.05) is 11.9 Å². The lowest BCUT2D eigenvalue weighted by Gasteiger charge is -2.20. The molecule has 0 amide bonds. The van der Waals surface area contributed by atoms with Gasteiger partial charge in [0, 0.05) is 24.0 Å².